The molecule has 2 aromatic carbocycles. The van der Waals surface area contributed by atoms with E-state index in [0.717, 1.165) is 22.6 Å². The Balaban J connectivity index is 1.95. The summed E-state index contributed by atoms with van der Waals surface area (Å²) in [4.78, 5) is 0. The number of aliphatic hydroxyl groups is 1. The molecule has 2 heteroatoms. The first-order valence-corrected chi connectivity index (χ1v) is 6.87. The summed E-state index contributed by atoms with van der Waals surface area (Å²) in [7, 11) is 0. The van der Waals surface area contributed by atoms with Gasteiger partial charge in [0.2, 0.25) is 0 Å². The van der Waals surface area contributed by atoms with E-state index in [9.17, 15) is 5.11 Å². The number of aryl methyl sites for hydroxylation is 2. The van der Waals surface area contributed by atoms with Crippen molar-refractivity contribution in [1.82, 2.24) is 0 Å². The van der Waals surface area contributed by atoms with E-state index in [1.54, 1.807) is 0 Å². The smallest absolute Gasteiger partial charge is 0.106 e. The van der Waals surface area contributed by atoms with Gasteiger partial charge in [-0.05, 0) is 36.2 Å². The molecular formula is C18H18O2. The van der Waals surface area contributed by atoms with Crippen LogP contribution in [0.25, 0.3) is 10.8 Å². The third kappa shape index (κ3) is 2.35. The summed E-state index contributed by atoms with van der Waals surface area (Å²) in [5.41, 5.74) is 2.05. The molecule has 3 aromatic rings. The first kappa shape index (κ1) is 12.9. The van der Waals surface area contributed by atoms with Gasteiger partial charge in [-0.3, -0.25) is 0 Å². The van der Waals surface area contributed by atoms with Crippen molar-refractivity contribution in [1.29, 1.82) is 0 Å². The fourth-order valence-electron chi connectivity index (χ4n) is 2.77. The lowest BCUT2D eigenvalue weighted by atomic mass is 9.97. The van der Waals surface area contributed by atoms with Crippen molar-refractivity contribution in [2.24, 2.45) is 0 Å². The van der Waals surface area contributed by atoms with Gasteiger partial charge in [-0.25, -0.2) is 0 Å². The standard InChI is InChI=1S/C18H18O2/c1-12-10-17(13(2)20-12)18(19)11-15-8-5-7-14-6-3-4-9-16(14)15/h3-10,18-19H,11H2,1-2H3. The number of fused-ring (bicyclic) bond motifs is 1. The lowest BCUT2D eigenvalue weighted by Gasteiger charge is -2.12. The lowest BCUT2D eigenvalue weighted by molar-refractivity contribution is 0.177. The van der Waals surface area contributed by atoms with Crippen molar-refractivity contribution in [2.75, 3.05) is 0 Å². The zero-order valence-corrected chi connectivity index (χ0v) is 11.8. The third-order valence-corrected chi connectivity index (χ3v) is 3.73. The van der Waals surface area contributed by atoms with Gasteiger partial charge in [0.05, 0.1) is 6.10 Å². The third-order valence-electron chi connectivity index (χ3n) is 3.73. The van der Waals surface area contributed by atoms with Crippen molar-refractivity contribution in [3.8, 4) is 0 Å². The molecule has 0 aliphatic rings. The van der Waals surface area contributed by atoms with Gasteiger partial charge in [-0.2, -0.15) is 0 Å². The zero-order valence-electron chi connectivity index (χ0n) is 11.8. The number of benzene rings is 2. The summed E-state index contributed by atoms with van der Waals surface area (Å²) < 4.78 is 5.50. The summed E-state index contributed by atoms with van der Waals surface area (Å²) in [5, 5.41) is 12.9. The summed E-state index contributed by atoms with van der Waals surface area (Å²) >= 11 is 0. The Morgan fingerprint density at radius 1 is 1.05 bits per heavy atom. The predicted octanol–water partition coefficient (Wildman–Crippen LogP) is 4.33. The minimum atomic E-state index is -0.529. The molecule has 0 radical (unpaired) electrons. The van der Waals surface area contributed by atoms with Crippen LogP contribution >= 0.6 is 0 Å². The molecule has 0 saturated heterocycles. The molecule has 1 atom stereocenters. The topological polar surface area (TPSA) is 33.4 Å². The monoisotopic (exact) mass is 266 g/mol. The molecule has 0 fully saturated rings. The molecular weight excluding hydrogens is 248 g/mol. The SMILES string of the molecule is Cc1cc(C(O)Cc2cccc3ccccc23)c(C)o1. The fourth-order valence-corrected chi connectivity index (χ4v) is 2.77. The molecule has 0 spiro atoms. The van der Waals surface area contributed by atoms with E-state index < -0.39 is 6.10 Å². The van der Waals surface area contributed by atoms with Gasteiger partial charge < -0.3 is 9.52 Å². The van der Waals surface area contributed by atoms with Crippen LogP contribution in [0, 0.1) is 13.8 Å². The van der Waals surface area contributed by atoms with Gasteiger partial charge in [-0.1, -0.05) is 42.5 Å². The Kier molecular flexibility index (Phi) is 3.33. The van der Waals surface area contributed by atoms with Crippen LogP contribution in [0.1, 0.15) is 28.8 Å². The first-order valence-electron chi connectivity index (χ1n) is 6.87. The number of aliphatic hydroxyl groups excluding tert-OH is 1. The Hall–Kier alpha value is -2.06. The van der Waals surface area contributed by atoms with Crippen molar-refractivity contribution >= 4 is 10.8 Å². The highest BCUT2D eigenvalue weighted by atomic mass is 16.3. The van der Waals surface area contributed by atoms with Crippen LogP contribution in [-0.4, -0.2) is 5.11 Å². The van der Waals surface area contributed by atoms with E-state index in [-0.39, 0.29) is 0 Å². The summed E-state index contributed by atoms with van der Waals surface area (Å²) in [6.45, 7) is 3.80. The van der Waals surface area contributed by atoms with Crippen molar-refractivity contribution < 1.29 is 9.52 Å². The van der Waals surface area contributed by atoms with Gasteiger partial charge in [0, 0.05) is 12.0 Å². The van der Waals surface area contributed by atoms with E-state index >= 15 is 0 Å². The minimum absolute atomic E-state index is 0.529. The number of furan rings is 1. The largest absolute Gasteiger partial charge is 0.466 e. The highest BCUT2D eigenvalue weighted by Crippen LogP contribution is 2.27. The molecule has 1 N–H and O–H groups in total. The van der Waals surface area contributed by atoms with Gasteiger partial charge in [0.15, 0.2) is 0 Å². The highest BCUT2D eigenvalue weighted by molar-refractivity contribution is 5.85. The zero-order chi connectivity index (χ0) is 14.1. The molecule has 1 unspecified atom stereocenters. The normalized spacial score (nSPS) is 12.8. The van der Waals surface area contributed by atoms with Gasteiger partial charge in [-0.15, -0.1) is 0 Å². The van der Waals surface area contributed by atoms with Crippen LogP contribution in [0.5, 0.6) is 0 Å². The fraction of sp³-hybridized carbons (Fsp3) is 0.222. The maximum absolute atomic E-state index is 10.5. The van der Waals surface area contributed by atoms with Crippen LogP contribution in [0.15, 0.2) is 52.9 Å². The summed E-state index contributed by atoms with van der Waals surface area (Å²) in [5.74, 6) is 1.64. The van der Waals surface area contributed by atoms with Crippen molar-refractivity contribution in [3.63, 3.8) is 0 Å². The average molecular weight is 266 g/mol. The second-order valence-corrected chi connectivity index (χ2v) is 5.23. The molecule has 2 nitrogen and oxygen atoms in total. The van der Waals surface area contributed by atoms with Crippen LogP contribution in [0.2, 0.25) is 0 Å². The molecule has 102 valence electrons. The van der Waals surface area contributed by atoms with E-state index in [4.69, 9.17) is 4.42 Å². The van der Waals surface area contributed by atoms with E-state index in [1.165, 1.54) is 10.8 Å². The quantitative estimate of drug-likeness (QED) is 0.765. The van der Waals surface area contributed by atoms with E-state index in [0.29, 0.717) is 6.42 Å². The van der Waals surface area contributed by atoms with Crippen molar-refractivity contribution in [3.05, 3.63) is 71.2 Å². The molecule has 0 saturated carbocycles. The summed E-state index contributed by atoms with van der Waals surface area (Å²) in [6, 6.07) is 16.4. The van der Waals surface area contributed by atoms with Gasteiger partial charge in [0.25, 0.3) is 0 Å². The molecule has 1 heterocycles. The molecule has 0 bridgehead atoms. The van der Waals surface area contributed by atoms with E-state index in [1.807, 2.05) is 38.1 Å². The highest BCUT2D eigenvalue weighted by Gasteiger charge is 2.16. The van der Waals surface area contributed by atoms with Crippen LogP contribution < -0.4 is 0 Å². The number of hydrogen-bond acceptors (Lipinski definition) is 2. The van der Waals surface area contributed by atoms with Gasteiger partial charge >= 0.3 is 0 Å². The Morgan fingerprint density at radius 3 is 2.55 bits per heavy atom. The van der Waals surface area contributed by atoms with Crippen LogP contribution in [-0.2, 0) is 6.42 Å². The van der Waals surface area contributed by atoms with Crippen molar-refractivity contribution in [2.45, 2.75) is 26.4 Å². The second-order valence-electron chi connectivity index (χ2n) is 5.23. The minimum Gasteiger partial charge on any atom is -0.466 e. The van der Waals surface area contributed by atoms with Crippen LogP contribution in [0.3, 0.4) is 0 Å². The van der Waals surface area contributed by atoms with E-state index in [2.05, 4.69) is 24.3 Å². The molecule has 20 heavy (non-hydrogen) atoms. The number of hydrogen-bond donors (Lipinski definition) is 1. The lowest BCUT2D eigenvalue weighted by Crippen LogP contribution is -2.02. The maximum Gasteiger partial charge on any atom is 0.106 e. The maximum atomic E-state index is 10.5. The average Bonchev–Trinajstić information content (AvgIpc) is 2.78. The number of rotatable bonds is 3. The second kappa shape index (κ2) is 5.14. The first-order chi connectivity index (χ1) is 9.65. The van der Waals surface area contributed by atoms with Crippen LogP contribution in [0.4, 0.5) is 0 Å². The molecule has 0 aliphatic heterocycles. The summed E-state index contributed by atoms with van der Waals surface area (Å²) in [6.07, 6.45) is 0.0690. The Bertz CT molecular complexity index is 735. The Morgan fingerprint density at radius 2 is 1.80 bits per heavy atom. The molecule has 1 aromatic heterocycles. The molecule has 0 aliphatic carbocycles. The predicted molar refractivity (Wildman–Crippen MR) is 80.8 cm³/mol. The Labute approximate surface area is 118 Å². The van der Waals surface area contributed by atoms with Gasteiger partial charge in [0.1, 0.15) is 11.5 Å². The molecule has 3 rings (SSSR count). The molecule has 0 amide bonds.